The lowest BCUT2D eigenvalue weighted by Gasteiger charge is -2.39. The van der Waals surface area contributed by atoms with E-state index >= 15 is 0 Å². The van der Waals surface area contributed by atoms with Gasteiger partial charge in [0.1, 0.15) is 0 Å². The van der Waals surface area contributed by atoms with Crippen molar-refractivity contribution >= 4 is 5.91 Å². The molecule has 1 amide bonds. The molecule has 144 valence electrons. The van der Waals surface area contributed by atoms with E-state index in [0.29, 0.717) is 6.04 Å². The number of amides is 1. The van der Waals surface area contributed by atoms with Crippen molar-refractivity contribution in [2.75, 3.05) is 39.3 Å². The van der Waals surface area contributed by atoms with Gasteiger partial charge in [0, 0.05) is 69.5 Å². The molecule has 2 aliphatic rings. The largest absolute Gasteiger partial charge is 0.331 e. The minimum atomic E-state index is 0.165. The third-order valence-corrected chi connectivity index (χ3v) is 5.78. The predicted octanol–water partition coefficient (Wildman–Crippen LogP) is 2.04. The maximum Gasteiger partial charge on any atom is 0.254 e. The van der Waals surface area contributed by atoms with Gasteiger partial charge in [0.25, 0.3) is 5.91 Å². The number of hydrogen-bond acceptors (Lipinski definition) is 4. The van der Waals surface area contributed by atoms with E-state index in [1.807, 2.05) is 17.0 Å². The molecular formula is C21H34N4O. The summed E-state index contributed by atoms with van der Waals surface area (Å²) in [6.07, 6.45) is 0. The van der Waals surface area contributed by atoms with E-state index in [4.69, 9.17) is 0 Å². The molecule has 1 N–H and O–H groups in total. The van der Waals surface area contributed by atoms with E-state index in [9.17, 15) is 4.79 Å². The topological polar surface area (TPSA) is 38.8 Å². The Bertz CT molecular complexity index is 600. The molecule has 0 spiro atoms. The molecule has 2 aliphatic heterocycles. The van der Waals surface area contributed by atoms with Crippen molar-refractivity contribution < 1.29 is 4.79 Å². The SMILES string of the molecule is CC(C)N1CCN(Cc2cccc(C(=O)N3[C@H](C)CNC[C@@H]3C)c2)CC1. The van der Waals surface area contributed by atoms with Crippen LogP contribution in [0.1, 0.15) is 43.6 Å². The molecule has 3 rings (SSSR count). The molecule has 0 radical (unpaired) electrons. The van der Waals surface area contributed by atoms with Crippen LogP contribution in [0.5, 0.6) is 0 Å². The Morgan fingerprint density at radius 3 is 2.38 bits per heavy atom. The molecule has 26 heavy (non-hydrogen) atoms. The van der Waals surface area contributed by atoms with Crippen molar-refractivity contribution in [2.24, 2.45) is 0 Å². The average Bonchev–Trinajstić information content (AvgIpc) is 2.62. The highest BCUT2D eigenvalue weighted by atomic mass is 16.2. The van der Waals surface area contributed by atoms with Crippen LogP contribution >= 0.6 is 0 Å². The van der Waals surface area contributed by atoms with Gasteiger partial charge in [-0.15, -0.1) is 0 Å². The fourth-order valence-electron chi connectivity index (χ4n) is 4.18. The number of nitrogens with zero attached hydrogens (tertiary/aromatic N) is 3. The number of rotatable bonds is 4. The normalized spacial score (nSPS) is 25.7. The molecule has 1 aromatic rings. The first-order chi connectivity index (χ1) is 12.5. The minimum Gasteiger partial charge on any atom is -0.331 e. The van der Waals surface area contributed by atoms with E-state index in [-0.39, 0.29) is 18.0 Å². The van der Waals surface area contributed by atoms with Gasteiger partial charge in [-0.1, -0.05) is 12.1 Å². The number of piperazine rings is 2. The second-order valence-corrected chi connectivity index (χ2v) is 8.17. The molecule has 5 nitrogen and oxygen atoms in total. The van der Waals surface area contributed by atoms with Crippen LogP contribution in [0.25, 0.3) is 0 Å². The van der Waals surface area contributed by atoms with Gasteiger partial charge >= 0.3 is 0 Å². The summed E-state index contributed by atoms with van der Waals surface area (Å²) in [6.45, 7) is 15.9. The lowest BCUT2D eigenvalue weighted by molar-refractivity contribution is 0.0544. The first-order valence-corrected chi connectivity index (χ1v) is 10.0. The Balaban J connectivity index is 1.64. The van der Waals surface area contributed by atoms with E-state index in [1.165, 1.54) is 5.56 Å². The van der Waals surface area contributed by atoms with Crippen molar-refractivity contribution in [1.29, 1.82) is 0 Å². The van der Waals surface area contributed by atoms with E-state index in [1.54, 1.807) is 0 Å². The van der Waals surface area contributed by atoms with E-state index in [2.05, 4.69) is 54.9 Å². The summed E-state index contributed by atoms with van der Waals surface area (Å²) in [5, 5.41) is 3.39. The fraction of sp³-hybridized carbons (Fsp3) is 0.667. The van der Waals surface area contributed by atoms with Gasteiger partial charge in [0.05, 0.1) is 0 Å². The maximum absolute atomic E-state index is 13.1. The van der Waals surface area contributed by atoms with E-state index in [0.717, 1.165) is 51.4 Å². The highest BCUT2D eigenvalue weighted by Crippen LogP contribution is 2.17. The van der Waals surface area contributed by atoms with E-state index < -0.39 is 0 Å². The van der Waals surface area contributed by atoms with Crippen LogP contribution in [0.4, 0.5) is 0 Å². The summed E-state index contributed by atoms with van der Waals surface area (Å²) in [5.41, 5.74) is 2.06. The predicted molar refractivity (Wildman–Crippen MR) is 106 cm³/mol. The van der Waals surface area contributed by atoms with Crippen LogP contribution < -0.4 is 5.32 Å². The van der Waals surface area contributed by atoms with Crippen LogP contribution in [-0.2, 0) is 6.54 Å². The number of carbonyl (C=O) groups excluding carboxylic acids is 1. The van der Waals surface area contributed by atoms with Crippen molar-refractivity contribution in [3.63, 3.8) is 0 Å². The van der Waals surface area contributed by atoms with Crippen LogP contribution in [-0.4, -0.2) is 78.0 Å². The first kappa shape index (κ1) is 19.3. The second-order valence-electron chi connectivity index (χ2n) is 8.17. The van der Waals surface area contributed by atoms with Crippen LogP contribution in [0.15, 0.2) is 24.3 Å². The van der Waals surface area contributed by atoms with Gasteiger partial charge in [-0.25, -0.2) is 0 Å². The Morgan fingerprint density at radius 2 is 1.77 bits per heavy atom. The van der Waals surface area contributed by atoms with Crippen molar-refractivity contribution in [1.82, 2.24) is 20.0 Å². The zero-order chi connectivity index (χ0) is 18.7. The average molecular weight is 359 g/mol. The monoisotopic (exact) mass is 358 g/mol. The first-order valence-electron chi connectivity index (χ1n) is 10.0. The van der Waals surface area contributed by atoms with Gasteiger partial charge in [-0.2, -0.15) is 0 Å². The molecular weight excluding hydrogens is 324 g/mol. The molecule has 0 unspecified atom stereocenters. The molecule has 0 saturated carbocycles. The number of benzene rings is 1. The van der Waals surface area contributed by atoms with Crippen LogP contribution in [0.3, 0.4) is 0 Å². The number of carbonyl (C=O) groups is 1. The van der Waals surface area contributed by atoms with Gasteiger partial charge in [-0.05, 0) is 45.4 Å². The fourth-order valence-corrected chi connectivity index (χ4v) is 4.18. The summed E-state index contributed by atoms with van der Waals surface area (Å²) in [7, 11) is 0. The molecule has 1 aromatic carbocycles. The smallest absolute Gasteiger partial charge is 0.254 e. The number of nitrogens with one attached hydrogen (secondary N) is 1. The van der Waals surface area contributed by atoms with Crippen LogP contribution in [0, 0.1) is 0 Å². The minimum absolute atomic E-state index is 0.165. The Labute approximate surface area is 158 Å². The summed E-state index contributed by atoms with van der Waals surface area (Å²) >= 11 is 0. The lowest BCUT2D eigenvalue weighted by atomic mass is 10.0. The second kappa shape index (κ2) is 8.51. The molecule has 0 aliphatic carbocycles. The zero-order valence-electron chi connectivity index (χ0n) is 16.7. The highest BCUT2D eigenvalue weighted by Gasteiger charge is 2.29. The summed E-state index contributed by atoms with van der Waals surface area (Å²) in [5.74, 6) is 0.165. The highest BCUT2D eigenvalue weighted by molar-refractivity contribution is 5.95. The third-order valence-electron chi connectivity index (χ3n) is 5.78. The molecule has 2 fully saturated rings. The Hall–Kier alpha value is -1.43. The molecule has 0 bridgehead atoms. The van der Waals surface area contributed by atoms with Gasteiger partial charge in [0.15, 0.2) is 0 Å². The molecule has 2 heterocycles. The maximum atomic E-state index is 13.1. The van der Waals surface area contributed by atoms with Crippen molar-refractivity contribution in [2.45, 2.75) is 52.4 Å². The molecule has 5 heteroatoms. The van der Waals surface area contributed by atoms with Crippen LogP contribution in [0.2, 0.25) is 0 Å². The zero-order valence-corrected chi connectivity index (χ0v) is 16.7. The van der Waals surface area contributed by atoms with Gasteiger partial charge < -0.3 is 10.2 Å². The summed E-state index contributed by atoms with van der Waals surface area (Å²) in [6, 6.07) is 9.34. The van der Waals surface area contributed by atoms with Gasteiger partial charge in [-0.3, -0.25) is 14.6 Å². The quantitative estimate of drug-likeness (QED) is 0.894. The molecule has 2 saturated heterocycles. The number of hydrogen-bond donors (Lipinski definition) is 1. The Kier molecular flexibility index (Phi) is 6.33. The third kappa shape index (κ3) is 4.45. The molecule has 2 atom stereocenters. The summed E-state index contributed by atoms with van der Waals surface area (Å²) < 4.78 is 0. The standard InChI is InChI=1S/C21H34N4O/c1-16(2)24-10-8-23(9-11-24)15-19-6-5-7-20(12-19)21(26)25-17(3)13-22-14-18(25)4/h5-7,12,16-18,22H,8-11,13-15H2,1-4H3/t17-,18+. The van der Waals surface area contributed by atoms with Crippen molar-refractivity contribution in [3.8, 4) is 0 Å². The Morgan fingerprint density at radius 1 is 1.12 bits per heavy atom. The summed E-state index contributed by atoms with van der Waals surface area (Å²) in [4.78, 5) is 20.1. The molecule has 0 aromatic heterocycles. The lowest BCUT2D eigenvalue weighted by Crippen LogP contribution is -2.57. The van der Waals surface area contributed by atoms with Gasteiger partial charge in [0.2, 0.25) is 0 Å². The van der Waals surface area contributed by atoms with Crippen molar-refractivity contribution in [3.05, 3.63) is 35.4 Å².